The molecule has 2 aromatic rings. The highest BCUT2D eigenvalue weighted by molar-refractivity contribution is 6.30. The third-order valence-electron chi connectivity index (χ3n) is 2.61. The molecule has 96 valence electrons. The highest BCUT2D eigenvalue weighted by Gasteiger charge is 2.12. The van der Waals surface area contributed by atoms with Crippen molar-refractivity contribution < 1.29 is 13.9 Å². The molecule has 0 radical (unpaired) electrons. The molecule has 1 aromatic heterocycles. The number of nitrogens with one attached hydrogen (secondary N) is 1. The van der Waals surface area contributed by atoms with E-state index in [0.29, 0.717) is 12.3 Å². The lowest BCUT2D eigenvalue weighted by atomic mass is 10.2. The third kappa shape index (κ3) is 3.10. The van der Waals surface area contributed by atoms with Crippen LogP contribution >= 0.6 is 11.6 Å². The van der Waals surface area contributed by atoms with Crippen molar-refractivity contribution in [3.63, 3.8) is 0 Å². The molecule has 0 bridgehead atoms. The second-order valence-corrected chi connectivity index (χ2v) is 4.29. The number of rotatable bonds is 5. The summed E-state index contributed by atoms with van der Waals surface area (Å²) in [6.45, 7) is 0.383. The first-order valence-electron chi connectivity index (χ1n) is 5.52. The fraction of sp³-hybridized carbons (Fsp3) is 0.231. The summed E-state index contributed by atoms with van der Waals surface area (Å²) in [5, 5.41) is 12.5. The quantitative estimate of drug-likeness (QED) is 0.877. The second kappa shape index (κ2) is 6.00. The van der Waals surface area contributed by atoms with Crippen LogP contribution in [0.4, 0.5) is 4.39 Å². The lowest BCUT2D eigenvalue weighted by Gasteiger charge is -2.14. The number of aliphatic hydroxyl groups is 1. The Labute approximate surface area is 109 Å². The number of halogens is 2. The maximum atomic E-state index is 13.0. The van der Waals surface area contributed by atoms with E-state index in [4.69, 9.17) is 16.0 Å². The Balaban J connectivity index is 1.99. The molecule has 0 saturated carbocycles. The Morgan fingerprint density at radius 3 is 2.83 bits per heavy atom. The van der Waals surface area contributed by atoms with E-state index in [-0.39, 0.29) is 17.7 Å². The van der Waals surface area contributed by atoms with Gasteiger partial charge >= 0.3 is 0 Å². The van der Waals surface area contributed by atoms with Crippen LogP contribution in [0.15, 0.2) is 41.0 Å². The molecule has 0 aliphatic rings. The van der Waals surface area contributed by atoms with Gasteiger partial charge in [-0.3, -0.25) is 0 Å². The lowest BCUT2D eigenvalue weighted by molar-refractivity contribution is 0.225. The van der Waals surface area contributed by atoms with Crippen molar-refractivity contribution in [3.05, 3.63) is 58.8 Å². The molecule has 3 nitrogen and oxygen atoms in total. The van der Waals surface area contributed by atoms with Gasteiger partial charge in [-0.05, 0) is 29.8 Å². The molecule has 18 heavy (non-hydrogen) atoms. The molecule has 1 heterocycles. The van der Waals surface area contributed by atoms with Gasteiger partial charge in [0.15, 0.2) is 0 Å². The normalized spacial score (nSPS) is 12.6. The summed E-state index contributed by atoms with van der Waals surface area (Å²) in [6.07, 6.45) is 1.55. The number of aliphatic hydroxyl groups excluding tert-OH is 1. The van der Waals surface area contributed by atoms with Gasteiger partial charge in [0.1, 0.15) is 11.6 Å². The number of hydrogen-bond donors (Lipinski definition) is 2. The predicted octanol–water partition coefficient (Wildman–Crippen LogP) is 2.90. The summed E-state index contributed by atoms with van der Waals surface area (Å²) in [6, 6.07) is 7.77. The van der Waals surface area contributed by atoms with Crippen molar-refractivity contribution >= 4 is 11.6 Å². The molecule has 0 amide bonds. The van der Waals surface area contributed by atoms with Crippen LogP contribution in [0.5, 0.6) is 0 Å². The molecule has 0 aliphatic heterocycles. The zero-order valence-electron chi connectivity index (χ0n) is 9.57. The highest BCUT2D eigenvalue weighted by Crippen LogP contribution is 2.17. The molecular weight excluding hydrogens is 257 g/mol. The van der Waals surface area contributed by atoms with Crippen LogP contribution in [-0.4, -0.2) is 11.7 Å². The topological polar surface area (TPSA) is 45.4 Å². The van der Waals surface area contributed by atoms with Crippen molar-refractivity contribution in [3.8, 4) is 0 Å². The average Bonchev–Trinajstić information content (AvgIpc) is 2.88. The first-order chi connectivity index (χ1) is 8.70. The van der Waals surface area contributed by atoms with Crippen LogP contribution in [0.1, 0.15) is 17.4 Å². The summed E-state index contributed by atoms with van der Waals surface area (Å²) < 4.78 is 18.2. The molecule has 0 aliphatic carbocycles. The van der Waals surface area contributed by atoms with E-state index in [9.17, 15) is 9.50 Å². The van der Waals surface area contributed by atoms with Gasteiger partial charge in [0.2, 0.25) is 0 Å². The van der Waals surface area contributed by atoms with Crippen molar-refractivity contribution in [2.24, 2.45) is 0 Å². The molecule has 0 fully saturated rings. The van der Waals surface area contributed by atoms with Gasteiger partial charge in [0, 0.05) is 6.54 Å². The van der Waals surface area contributed by atoms with Gasteiger partial charge in [-0.2, -0.15) is 0 Å². The van der Waals surface area contributed by atoms with Crippen molar-refractivity contribution in [2.75, 3.05) is 6.61 Å². The molecular formula is C13H13ClFNO2. The van der Waals surface area contributed by atoms with E-state index in [1.165, 1.54) is 6.07 Å². The van der Waals surface area contributed by atoms with E-state index in [0.717, 1.165) is 5.56 Å². The molecule has 1 unspecified atom stereocenters. The van der Waals surface area contributed by atoms with E-state index in [2.05, 4.69) is 5.32 Å². The van der Waals surface area contributed by atoms with E-state index >= 15 is 0 Å². The molecule has 1 atom stereocenters. The largest absolute Gasteiger partial charge is 0.468 e. The summed E-state index contributed by atoms with van der Waals surface area (Å²) >= 11 is 5.69. The average molecular weight is 270 g/mol. The Hall–Kier alpha value is -1.36. The summed E-state index contributed by atoms with van der Waals surface area (Å²) in [5.74, 6) is 0.218. The molecule has 5 heteroatoms. The predicted molar refractivity (Wildman–Crippen MR) is 66.8 cm³/mol. The van der Waals surface area contributed by atoms with Crippen molar-refractivity contribution in [1.29, 1.82) is 0 Å². The Bertz CT molecular complexity index is 502. The van der Waals surface area contributed by atoms with Crippen LogP contribution in [-0.2, 0) is 6.54 Å². The first kappa shape index (κ1) is 13.1. The molecule has 0 saturated heterocycles. The van der Waals surface area contributed by atoms with Crippen molar-refractivity contribution in [1.82, 2.24) is 5.32 Å². The number of furan rings is 1. The minimum absolute atomic E-state index is 0.0809. The minimum Gasteiger partial charge on any atom is -0.468 e. The maximum Gasteiger partial charge on any atom is 0.141 e. The molecule has 2 rings (SSSR count). The SMILES string of the molecule is OCC(NCc1ccc(F)c(Cl)c1)c1ccco1. The minimum atomic E-state index is -0.440. The summed E-state index contributed by atoms with van der Waals surface area (Å²) in [7, 11) is 0. The van der Waals surface area contributed by atoms with Crippen LogP contribution in [0, 0.1) is 5.82 Å². The fourth-order valence-corrected chi connectivity index (χ4v) is 1.84. The monoisotopic (exact) mass is 269 g/mol. The van der Waals surface area contributed by atoms with Crippen LogP contribution in [0.2, 0.25) is 5.02 Å². The second-order valence-electron chi connectivity index (χ2n) is 3.88. The number of hydrogen-bond acceptors (Lipinski definition) is 3. The third-order valence-corrected chi connectivity index (χ3v) is 2.90. The first-order valence-corrected chi connectivity index (χ1v) is 5.90. The highest BCUT2D eigenvalue weighted by atomic mass is 35.5. The Morgan fingerprint density at radius 2 is 2.22 bits per heavy atom. The molecule has 1 aromatic carbocycles. The fourth-order valence-electron chi connectivity index (χ4n) is 1.64. The zero-order chi connectivity index (χ0) is 13.0. The van der Waals surface area contributed by atoms with Crippen molar-refractivity contribution in [2.45, 2.75) is 12.6 Å². The van der Waals surface area contributed by atoms with Gasteiger partial charge in [-0.25, -0.2) is 4.39 Å². The van der Waals surface area contributed by atoms with E-state index in [1.807, 2.05) is 0 Å². The molecule has 2 N–H and O–H groups in total. The van der Waals surface area contributed by atoms with Crippen LogP contribution in [0.25, 0.3) is 0 Å². The van der Waals surface area contributed by atoms with Gasteiger partial charge in [0.25, 0.3) is 0 Å². The lowest BCUT2D eigenvalue weighted by Crippen LogP contribution is -2.23. The summed E-state index contributed by atoms with van der Waals surface area (Å²) in [4.78, 5) is 0. The maximum absolute atomic E-state index is 13.0. The molecule has 0 spiro atoms. The van der Waals surface area contributed by atoms with E-state index < -0.39 is 5.82 Å². The van der Waals surface area contributed by atoms with Gasteiger partial charge in [-0.15, -0.1) is 0 Å². The van der Waals surface area contributed by atoms with E-state index in [1.54, 1.807) is 30.5 Å². The Morgan fingerprint density at radius 1 is 1.39 bits per heavy atom. The summed E-state index contributed by atoms with van der Waals surface area (Å²) in [5.41, 5.74) is 0.839. The zero-order valence-corrected chi connectivity index (χ0v) is 10.3. The van der Waals surface area contributed by atoms with Crippen LogP contribution < -0.4 is 5.32 Å². The smallest absolute Gasteiger partial charge is 0.141 e. The Kier molecular flexibility index (Phi) is 4.36. The van der Waals surface area contributed by atoms with Crippen LogP contribution in [0.3, 0.4) is 0 Å². The van der Waals surface area contributed by atoms with Gasteiger partial charge < -0.3 is 14.8 Å². The standard InChI is InChI=1S/C13H13ClFNO2/c14-10-6-9(3-4-11(10)15)7-16-12(8-17)13-2-1-5-18-13/h1-6,12,16-17H,7-8H2. The van der Waals surface area contributed by atoms with Gasteiger partial charge in [0.05, 0.1) is 23.9 Å². The number of benzene rings is 1. The van der Waals surface area contributed by atoms with Gasteiger partial charge in [-0.1, -0.05) is 17.7 Å².